The molecule has 0 saturated carbocycles. The Bertz CT molecular complexity index is 999. The van der Waals surface area contributed by atoms with E-state index in [1.54, 1.807) is 12.1 Å². The average Bonchev–Trinajstić information content (AvgIpc) is 2.83. The summed E-state index contributed by atoms with van der Waals surface area (Å²) in [5.41, 5.74) is 3.23. The minimum atomic E-state index is -0.342. The zero-order valence-electron chi connectivity index (χ0n) is 18.1. The molecule has 2 aromatic carbocycles. The Kier molecular flexibility index (Phi) is 7.17. The van der Waals surface area contributed by atoms with Crippen molar-refractivity contribution in [2.75, 3.05) is 50.8 Å². The highest BCUT2D eigenvalue weighted by atomic mass is 19.1. The molecule has 2 aliphatic heterocycles. The Hall–Kier alpha value is -3.19. The summed E-state index contributed by atoms with van der Waals surface area (Å²) in [6.07, 6.45) is 5.02. The number of nitrogens with one attached hydrogen (secondary N) is 2. The molecule has 2 N–H and O–H groups in total. The standard InChI is InChI=1S/C25H29FN4O2/c26-22-6-7-24-20(16-22)15-21(18-32-24)25(31)28-8-1-2-9-29-10-12-30(13-11-29)23-5-3-4-19(14-23)17-27/h3-7,14-17,27H,1-2,8-13,18H2,(H,28,31). The number of halogens is 1. The van der Waals surface area contributed by atoms with Gasteiger partial charge in [0.1, 0.15) is 18.2 Å². The first-order valence-corrected chi connectivity index (χ1v) is 11.1. The van der Waals surface area contributed by atoms with Crippen LogP contribution in [0, 0.1) is 11.2 Å². The van der Waals surface area contributed by atoms with Crippen LogP contribution >= 0.6 is 0 Å². The lowest BCUT2D eigenvalue weighted by Crippen LogP contribution is -2.46. The van der Waals surface area contributed by atoms with E-state index in [0.717, 1.165) is 51.1 Å². The van der Waals surface area contributed by atoms with E-state index in [-0.39, 0.29) is 18.3 Å². The number of amides is 1. The maximum Gasteiger partial charge on any atom is 0.250 e. The van der Waals surface area contributed by atoms with Gasteiger partial charge in [0.25, 0.3) is 5.91 Å². The average molecular weight is 437 g/mol. The molecular formula is C25H29FN4O2. The maximum absolute atomic E-state index is 13.4. The lowest BCUT2D eigenvalue weighted by atomic mass is 10.1. The molecule has 2 aliphatic rings. The smallest absolute Gasteiger partial charge is 0.250 e. The molecule has 0 atom stereocenters. The highest BCUT2D eigenvalue weighted by Crippen LogP contribution is 2.27. The van der Waals surface area contributed by atoms with Gasteiger partial charge in [-0.25, -0.2) is 4.39 Å². The van der Waals surface area contributed by atoms with Crippen molar-refractivity contribution in [1.29, 1.82) is 5.41 Å². The van der Waals surface area contributed by atoms with Crippen molar-refractivity contribution in [3.8, 4) is 5.75 Å². The quantitative estimate of drug-likeness (QED) is 0.492. The summed E-state index contributed by atoms with van der Waals surface area (Å²) in [6.45, 7) is 5.83. The number of benzene rings is 2. The van der Waals surface area contributed by atoms with Crippen molar-refractivity contribution >= 4 is 23.9 Å². The molecule has 0 bridgehead atoms. The van der Waals surface area contributed by atoms with E-state index in [0.29, 0.717) is 23.4 Å². The van der Waals surface area contributed by atoms with Gasteiger partial charge in [0.05, 0.1) is 5.57 Å². The topological polar surface area (TPSA) is 68.7 Å². The summed E-state index contributed by atoms with van der Waals surface area (Å²) >= 11 is 0. The SMILES string of the molecule is N=Cc1cccc(N2CCN(CCCCNC(=O)C3=Cc4cc(F)ccc4OC3)CC2)c1. The second-order valence-corrected chi connectivity index (χ2v) is 8.17. The number of ether oxygens (including phenoxy) is 1. The molecule has 4 rings (SSSR count). The van der Waals surface area contributed by atoms with Gasteiger partial charge in [0.2, 0.25) is 0 Å². The van der Waals surface area contributed by atoms with Gasteiger partial charge in [0.15, 0.2) is 0 Å². The molecule has 2 aromatic rings. The van der Waals surface area contributed by atoms with Crippen LogP contribution in [-0.2, 0) is 4.79 Å². The number of fused-ring (bicyclic) bond motifs is 1. The lowest BCUT2D eigenvalue weighted by Gasteiger charge is -2.36. The predicted octanol–water partition coefficient (Wildman–Crippen LogP) is 3.32. The molecule has 1 amide bonds. The third kappa shape index (κ3) is 5.53. The first-order chi connectivity index (χ1) is 15.6. The number of rotatable bonds is 8. The zero-order valence-corrected chi connectivity index (χ0v) is 18.1. The van der Waals surface area contributed by atoms with Crippen LogP contribution in [0.1, 0.15) is 24.0 Å². The van der Waals surface area contributed by atoms with Crippen molar-refractivity contribution in [2.24, 2.45) is 0 Å². The van der Waals surface area contributed by atoms with Gasteiger partial charge < -0.3 is 20.4 Å². The molecule has 0 radical (unpaired) electrons. The number of carbonyl (C=O) groups excluding carboxylic acids is 1. The van der Waals surface area contributed by atoms with Crippen molar-refractivity contribution in [3.63, 3.8) is 0 Å². The number of piperazine rings is 1. The second kappa shape index (κ2) is 10.4. The van der Waals surface area contributed by atoms with Gasteiger partial charge in [0, 0.05) is 50.2 Å². The van der Waals surface area contributed by atoms with E-state index in [9.17, 15) is 9.18 Å². The molecule has 0 unspecified atom stereocenters. The van der Waals surface area contributed by atoms with Crippen molar-refractivity contribution in [1.82, 2.24) is 10.2 Å². The van der Waals surface area contributed by atoms with E-state index >= 15 is 0 Å². The Morgan fingerprint density at radius 1 is 1.12 bits per heavy atom. The fourth-order valence-corrected chi connectivity index (χ4v) is 4.10. The summed E-state index contributed by atoms with van der Waals surface area (Å²) in [4.78, 5) is 17.2. The molecule has 6 nitrogen and oxygen atoms in total. The van der Waals surface area contributed by atoms with E-state index in [1.165, 1.54) is 24.0 Å². The monoisotopic (exact) mass is 436 g/mol. The molecule has 0 spiro atoms. The van der Waals surface area contributed by atoms with Crippen LogP contribution in [0.25, 0.3) is 6.08 Å². The Morgan fingerprint density at radius 3 is 2.78 bits per heavy atom. The molecular weight excluding hydrogens is 407 g/mol. The molecule has 1 fully saturated rings. The second-order valence-electron chi connectivity index (χ2n) is 8.17. The molecule has 2 heterocycles. The third-order valence-electron chi connectivity index (χ3n) is 5.94. The molecule has 0 aromatic heterocycles. The van der Waals surface area contributed by atoms with Crippen LogP contribution in [0.2, 0.25) is 0 Å². The van der Waals surface area contributed by atoms with Crippen molar-refractivity contribution in [3.05, 3.63) is 65.0 Å². The van der Waals surface area contributed by atoms with E-state index in [2.05, 4.69) is 27.2 Å². The molecule has 7 heteroatoms. The number of nitrogens with zero attached hydrogens (tertiary/aromatic N) is 2. The highest BCUT2D eigenvalue weighted by Gasteiger charge is 2.18. The van der Waals surface area contributed by atoms with E-state index < -0.39 is 0 Å². The normalized spacial score (nSPS) is 16.0. The summed E-state index contributed by atoms with van der Waals surface area (Å²) in [5, 5.41) is 10.4. The minimum Gasteiger partial charge on any atom is -0.488 e. The lowest BCUT2D eigenvalue weighted by molar-refractivity contribution is -0.117. The molecule has 0 aliphatic carbocycles. The van der Waals surface area contributed by atoms with Gasteiger partial charge in [-0.1, -0.05) is 12.1 Å². The summed E-state index contributed by atoms with van der Waals surface area (Å²) in [5.74, 6) is 0.108. The maximum atomic E-state index is 13.4. The summed E-state index contributed by atoms with van der Waals surface area (Å²) in [7, 11) is 0. The van der Waals surface area contributed by atoms with Crippen molar-refractivity contribution in [2.45, 2.75) is 12.8 Å². The van der Waals surface area contributed by atoms with Crippen LogP contribution in [0.4, 0.5) is 10.1 Å². The van der Waals surface area contributed by atoms with Gasteiger partial charge in [-0.3, -0.25) is 9.69 Å². The molecule has 1 saturated heterocycles. The van der Waals surface area contributed by atoms with Gasteiger partial charge >= 0.3 is 0 Å². The number of carbonyl (C=O) groups is 1. The van der Waals surface area contributed by atoms with Crippen LogP contribution in [-0.4, -0.2) is 62.9 Å². The number of hydrogen-bond acceptors (Lipinski definition) is 5. The van der Waals surface area contributed by atoms with Crippen LogP contribution in [0.15, 0.2) is 48.0 Å². The first-order valence-electron chi connectivity index (χ1n) is 11.1. The zero-order chi connectivity index (χ0) is 22.3. The minimum absolute atomic E-state index is 0.152. The third-order valence-corrected chi connectivity index (χ3v) is 5.94. The van der Waals surface area contributed by atoms with E-state index in [4.69, 9.17) is 10.1 Å². The predicted molar refractivity (Wildman–Crippen MR) is 125 cm³/mol. The van der Waals surface area contributed by atoms with Crippen LogP contribution < -0.4 is 15.0 Å². The Balaban J connectivity index is 1.14. The summed E-state index contributed by atoms with van der Waals surface area (Å²) < 4.78 is 19.0. The first kappa shape index (κ1) is 22.0. The largest absolute Gasteiger partial charge is 0.488 e. The fourth-order valence-electron chi connectivity index (χ4n) is 4.10. The fraction of sp³-hybridized carbons (Fsp3) is 0.360. The summed E-state index contributed by atoms with van der Waals surface area (Å²) in [6, 6.07) is 12.4. The van der Waals surface area contributed by atoms with Crippen LogP contribution in [0.5, 0.6) is 5.75 Å². The van der Waals surface area contributed by atoms with E-state index in [1.807, 2.05) is 12.1 Å². The number of anilines is 1. The Morgan fingerprint density at radius 2 is 1.97 bits per heavy atom. The molecule has 168 valence electrons. The Labute approximate surface area is 188 Å². The number of hydrogen-bond donors (Lipinski definition) is 2. The van der Waals surface area contributed by atoms with Crippen molar-refractivity contribution < 1.29 is 13.9 Å². The van der Waals surface area contributed by atoms with Gasteiger partial charge in [-0.2, -0.15) is 0 Å². The molecule has 32 heavy (non-hydrogen) atoms. The van der Waals surface area contributed by atoms with Crippen LogP contribution in [0.3, 0.4) is 0 Å². The van der Waals surface area contributed by atoms with Gasteiger partial charge in [-0.15, -0.1) is 0 Å². The highest BCUT2D eigenvalue weighted by molar-refractivity contribution is 5.99. The number of unbranched alkanes of at least 4 members (excludes halogenated alkanes) is 1. The van der Waals surface area contributed by atoms with Gasteiger partial charge in [-0.05, 0) is 61.4 Å².